The molecule has 7 rings (SSSR count). The van der Waals surface area contributed by atoms with Gasteiger partial charge in [-0.1, -0.05) is 79.3 Å². The number of benzene rings is 4. The predicted octanol–water partition coefficient (Wildman–Crippen LogP) is 6.55. The Balaban J connectivity index is 1.28. The maximum absolute atomic E-state index is 13.5. The largest absolute Gasteiger partial charge is 0.494 e. The van der Waals surface area contributed by atoms with Gasteiger partial charge in [0, 0.05) is 22.9 Å². The molecule has 3 aromatic heterocycles. The van der Waals surface area contributed by atoms with Gasteiger partial charge in [0.2, 0.25) is 4.96 Å². The Labute approximate surface area is 246 Å². The lowest BCUT2D eigenvalue weighted by atomic mass is 10.0. The molecule has 0 bridgehead atoms. The first kappa shape index (κ1) is 25.9. The molecule has 7 nitrogen and oxygen atoms in total. The molecule has 3 heterocycles. The van der Waals surface area contributed by atoms with Crippen LogP contribution in [0.2, 0.25) is 0 Å². The molecule has 0 fully saturated rings. The van der Waals surface area contributed by atoms with E-state index < -0.39 is 0 Å². The fourth-order valence-electron chi connectivity index (χ4n) is 4.90. The first-order chi connectivity index (χ1) is 20.7. The lowest BCUT2D eigenvalue weighted by molar-refractivity contribution is 0.309. The van der Waals surface area contributed by atoms with Gasteiger partial charge in [-0.2, -0.15) is 14.6 Å². The molecule has 0 atom stereocenters. The van der Waals surface area contributed by atoms with Crippen molar-refractivity contribution in [3.63, 3.8) is 0 Å². The number of ether oxygens (including phenoxy) is 1. The van der Waals surface area contributed by atoms with Gasteiger partial charge in [0.1, 0.15) is 11.4 Å². The van der Waals surface area contributed by atoms with E-state index >= 15 is 0 Å². The van der Waals surface area contributed by atoms with Crippen molar-refractivity contribution in [3.05, 3.63) is 124 Å². The normalized spacial score (nSPS) is 12.0. The van der Waals surface area contributed by atoms with Crippen molar-refractivity contribution in [3.8, 4) is 34.1 Å². The number of nitrogens with zero attached hydrogens (tertiary/aromatic N) is 5. The zero-order valence-electron chi connectivity index (χ0n) is 23.0. The molecule has 7 aromatic rings. The van der Waals surface area contributed by atoms with Gasteiger partial charge in [-0.3, -0.25) is 4.79 Å². The number of rotatable bonds is 8. The summed E-state index contributed by atoms with van der Waals surface area (Å²) < 4.78 is 9.54. The van der Waals surface area contributed by atoms with Crippen molar-refractivity contribution in [1.29, 1.82) is 0 Å². The highest BCUT2D eigenvalue weighted by molar-refractivity contribution is 7.15. The summed E-state index contributed by atoms with van der Waals surface area (Å²) >= 11 is 1.32. The van der Waals surface area contributed by atoms with Crippen molar-refractivity contribution >= 4 is 33.1 Å². The van der Waals surface area contributed by atoms with E-state index in [2.05, 4.69) is 47.3 Å². The highest BCUT2D eigenvalue weighted by Gasteiger charge is 2.15. The van der Waals surface area contributed by atoms with Crippen LogP contribution in [0.3, 0.4) is 0 Å². The highest BCUT2D eigenvalue weighted by Crippen LogP contribution is 2.28. The van der Waals surface area contributed by atoms with Gasteiger partial charge in [0.25, 0.3) is 5.56 Å². The Kier molecular flexibility index (Phi) is 6.81. The molecule has 4 aromatic carbocycles. The average Bonchev–Trinajstić information content (AvgIpc) is 3.73. The van der Waals surface area contributed by atoms with Gasteiger partial charge < -0.3 is 4.74 Å². The van der Waals surface area contributed by atoms with Gasteiger partial charge >= 0.3 is 0 Å². The smallest absolute Gasteiger partial charge is 0.291 e. The quantitative estimate of drug-likeness (QED) is 0.194. The van der Waals surface area contributed by atoms with Gasteiger partial charge in [-0.15, -0.1) is 5.10 Å². The van der Waals surface area contributed by atoms with Gasteiger partial charge in [0.15, 0.2) is 5.82 Å². The third-order valence-electron chi connectivity index (χ3n) is 7.13. The number of aromatic nitrogens is 5. The second-order valence-corrected chi connectivity index (χ2v) is 11.1. The van der Waals surface area contributed by atoms with Crippen LogP contribution in [0.25, 0.3) is 50.1 Å². The van der Waals surface area contributed by atoms with Crippen LogP contribution in [0.15, 0.2) is 108 Å². The lowest BCUT2D eigenvalue weighted by Crippen LogP contribution is -2.23. The molecular formula is C34H27N5O2S. The third kappa shape index (κ3) is 4.97. The minimum atomic E-state index is -0.204. The first-order valence-corrected chi connectivity index (χ1v) is 14.8. The summed E-state index contributed by atoms with van der Waals surface area (Å²) in [5, 5.41) is 11.8. The molecule has 0 N–H and O–H groups in total. The van der Waals surface area contributed by atoms with E-state index in [0.29, 0.717) is 21.9 Å². The van der Waals surface area contributed by atoms with E-state index in [0.717, 1.165) is 57.4 Å². The molecule has 0 saturated carbocycles. The fourth-order valence-corrected chi connectivity index (χ4v) is 5.80. The molecule has 0 unspecified atom stereocenters. The molecule has 0 spiro atoms. The van der Waals surface area contributed by atoms with Crippen LogP contribution in [-0.2, 0) is 0 Å². The molecule has 0 saturated heterocycles. The molecule has 42 heavy (non-hydrogen) atoms. The number of fused-ring (bicyclic) bond motifs is 2. The van der Waals surface area contributed by atoms with E-state index in [1.165, 1.54) is 15.9 Å². The standard InChI is InChI=1S/C34H27N5O2S/c1-2-3-19-41-29-17-15-24(16-18-29)32-35-34-39(37-32)33(40)30(42-34)21-27-22-38(28-11-5-4-6-12-28)36-31(27)26-14-13-23-9-7-8-10-25(23)20-26/h4-18,20-22H,2-3,19H2,1H3. The van der Waals surface area contributed by atoms with Crippen molar-refractivity contribution < 1.29 is 4.74 Å². The van der Waals surface area contributed by atoms with Gasteiger partial charge in [0.05, 0.1) is 16.8 Å². The molecule has 0 radical (unpaired) electrons. The Hall–Kier alpha value is -5.08. The van der Waals surface area contributed by atoms with Crippen LogP contribution in [-0.4, -0.2) is 31.0 Å². The van der Waals surface area contributed by atoms with Crippen LogP contribution in [0.5, 0.6) is 5.75 Å². The maximum atomic E-state index is 13.5. The van der Waals surface area contributed by atoms with Crippen molar-refractivity contribution in [2.24, 2.45) is 0 Å². The number of hydrogen-bond acceptors (Lipinski definition) is 6. The Bertz CT molecular complexity index is 2130. The minimum absolute atomic E-state index is 0.204. The summed E-state index contributed by atoms with van der Waals surface area (Å²) in [5.74, 6) is 1.33. The van der Waals surface area contributed by atoms with Gasteiger partial charge in [-0.05, 0) is 65.7 Å². The second-order valence-electron chi connectivity index (χ2n) is 10.0. The Morgan fingerprint density at radius 1 is 0.857 bits per heavy atom. The lowest BCUT2D eigenvalue weighted by Gasteiger charge is -2.05. The van der Waals surface area contributed by atoms with Crippen LogP contribution in [0.1, 0.15) is 25.3 Å². The summed E-state index contributed by atoms with van der Waals surface area (Å²) in [6.07, 6.45) is 5.96. The minimum Gasteiger partial charge on any atom is -0.494 e. The first-order valence-electron chi connectivity index (χ1n) is 13.9. The topological polar surface area (TPSA) is 74.3 Å². The summed E-state index contributed by atoms with van der Waals surface area (Å²) in [4.78, 5) is 18.7. The number of thiazole rings is 1. The summed E-state index contributed by atoms with van der Waals surface area (Å²) in [6.45, 7) is 2.83. The van der Waals surface area contributed by atoms with E-state index in [1.54, 1.807) is 0 Å². The summed E-state index contributed by atoms with van der Waals surface area (Å²) in [6, 6.07) is 32.2. The highest BCUT2D eigenvalue weighted by atomic mass is 32.1. The fraction of sp³-hybridized carbons (Fsp3) is 0.118. The maximum Gasteiger partial charge on any atom is 0.291 e. The van der Waals surface area contributed by atoms with Crippen LogP contribution in [0, 0.1) is 0 Å². The molecule has 0 aliphatic rings. The van der Waals surface area contributed by atoms with Crippen molar-refractivity contribution in [1.82, 2.24) is 24.4 Å². The molecule has 0 amide bonds. The van der Waals surface area contributed by atoms with E-state index in [9.17, 15) is 4.79 Å². The summed E-state index contributed by atoms with van der Waals surface area (Å²) in [7, 11) is 0. The average molecular weight is 570 g/mol. The van der Waals surface area contributed by atoms with Gasteiger partial charge in [-0.25, -0.2) is 4.68 Å². The SMILES string of the molecule is CCCCOc1ccc(-c2nc3sc(=Cc4cn(-c5ccccc5)nc4-c4ccc5ccccc5c4)c(=O)n3n2)cc1. The zero-order chi connectivity index (χ0) is 28.5. The molecular weight excluding hydrogens is 542 g/mol. The molecule has 0 aliphatic carbocycles. The Morgan fingerprint density at radius 2 is 1.62 bits per heavy atom. The Morgan fingerprint density at radius 3 is 2.40 bits per heavy atom. The number of unbranched alkanes of at least 4 members (excludes halogenated alkanes) is 1. The predicted molar refractivity (Wildman–Crippen MR) is 168 cm³/mol. The monoisotopic (exact) mass is 569 g/mol. The van der Waals surface area contributed by atoms with Crippen molar-refractivity contribution in [2.75, 3.05) is 6.61 Å². The van der Waals surface area contributed by atoms with E-state index in [1.807, 2.05) is 83.7 Å². The van der Waals surface area contributed by atoms with E-state index in [-0.39, 0.29) is 5.56 Å². The summed E-state index contributed by atoms with van der Waals surface area (Å²) in [5.41, 5.74) is 4.19. The second kappa shape index (κ2) is 11.1. The third-order valence-corrected chi connectivity index (χ3v) is 8.09. The molecule has 8 heteroatoms. The van der Waals surface area contributed by atoms with Crippen LogP contribution in [0.4, 0.5) is 0 Å². The number of para-hydroxylation sites is 1. The van der Waals surface area contributed by atoms with Crippen molar-refractivity contribution in [2.45, 2.75) is 19.8 Å². The molecule has 0 aliphatic heterocycles. The molecule has 206 valence electrons. The zero-order valence-corrected chi connectivity index (χ0v) is 23.8. The van der Waals surface area contributed by atoms with Crippen LogP contribution < -0.4 is 14.8 Å². The number of hydrogen-bond donors (Lipinski definition) is 0. The van der Waals surface area contributed by atoms with E-state index in [4.69, 9.17) is 9.84 Å². The van der Waals surface area contributed by atoms with Crippen LogP contribution >= 0.6 is 11.3 Å².